The fourth-order valence-corrected chi connectivity index (χ4v) is 5.26. The highest BCUT2D eigenvalue weighted by atomic mass is 35.5. The molecule has 0 N–H and O–H groups in total. The molecule has 1 aliphatic rings. The van der Waals surface area contributed by atoms with Crippen molar-refractivity contribution in [2.75, 3.05) is 0 Å². The number of rotatable bonds is 5. The van der Waals surface area contributed by atoms with Crippen LogP contribution in [0.25, 0.3) is 17.0 Å². The number of fused-ring (bicyclic) bond motifs is 1. The number of alkyl halides is 3. The normalized spacial score (nSPS) is 15.7. The van der Waals surface area contributed by atoms with Crippen molar-refractivity contribution in [3.63, 3.8) is 0 Å². The van der Waals surface area contributed by atoms with Crippen LogP contribution in [0.15, 0.2) is 58.4 Å². The van der Waals surface area contributed by atoms with Crippen LogP contribution in [0.2, 0.25) is 5.02 Å². The van der Waals surface area contributed by atoms with Crippen LogP contribution in [0, 0.1) is 0 Å². The van der Waals surface area contributed by atoms with Crippen molar-refractivity contribution in [2.45, 2.75) is 19.3 Å². The smallest absolute Gasteiger partial charge is 0.268 e. The van der Waals surface area contributed by atoms with E-state index in [1.165, 1.54) is 28.2 Å². The molecule has 0 spiro atoms. The van der Waals surface area contributed by atoms with Crippen molar-refractivity contribution in [2.24, 2.45) is 0 Å². The van der Waals surface area contributed by atoms with Crippen LogP contribution < -0.4 is 0 Å². The lowest BCUT2D eigenvalue weighted by atomic mass is 10.1. The summed E-state index contributed by atoms with van der Waals surface area (Å²) >= 11 is 8.01. The molecule has 178 valence electrons. The van der Waals surface area contributed by atoms with Gasteiger partial charge in [0.05, 0.1) is 46.5 Å². The summed E-state index contributed by atoms with van der Waals surface area (Å²) in [5.41, 5.74) is 2.81. The van der Waals surface area contributed by atoms with E-state index in [1.807, 2.05) is 0 Å². The molecule has 3 heterocycles. The highest BCUT2D eigenvalue weighted by molar-refractivity contribution is 8.18. The minimum atomic E-state index is -4.54. The Morgan fingerprint density at radius 2 is 1.91 bits per heavy atom. The summed E-state index contributed by atoms with van der Waals surface area (Å²) in [5.74, 6) is -0.397. The summed E-state index contributed by atoms with van der Waals surface area (Å²) in [6.07, 6.45) is -1.38. The van der Waals surface area contributed by atoms with Gasteiger partial charge >= 0.3 is 6.18 Å². The maximum absolute atomic E-state index is 13.5. The maximum atomic E-state index is 13.5. The number of hydrogen-bond acceptors (Lipinski definition) is 6. The monoisotopic (exact) mass is 534 g/mol. The first kappa shape index (κ1) is 23.6. The molecule has 1 saturated heterocycles. The van der Waals surface area contributed by atoms with E-state index in [4.69, 9.17) is 11.6 Å². The Labute approximate surface area is 210 Å². The molecular weight excluding hydrogens is 521 g/mol. The van der Waals surface area contributed by atoms with Crippen LogP contribution >= 0.6 is 34.7 Å². The summed E-state index contributed by atoms with van der Waals surface area (Å²) in [6, 6.07) is 8.87. The molecule has 12 heteroatoms. The molecule has 0 unspecified atom stereocenters. The van der Waals surface area contributed by atoms with Gasteiger partial charge < -0.3 is 0 Å². The third kappa shape index (κ3) is 4.84. The van der Waals surface area contributed by atoms with Crippen molar-refractivity contribution in [3.05, 3.63) is 85.8 Å². The molecule has 1 fully saturated rings. The highest BCUT2D eigenvalue weighted by Gasteiger charge is 2.35. The number of thiazole rings is 1. The number of aromatic nitrogens is 3. The van der Waals surface area contributed by atoms with E-state index < -0.39 is 17.6 Å². The average Bonchev–Trinajstić information content (AvgIpc) is 3.52. The minimum Gasteiger partial charge on any atom is -0.268 e. The number of thioether (sulfide) groups is 1. The van der Waals surface area contributed by atoms with Gasteiger partial charge in [0.1, 0.15) is 0 Å². The standard InChI is InChI=1S/C23H14ClF3N4O2S2/c24-16-3-2-14(18(7-16)23(25,26)27)9-31-19-4-1-13(5-15(19)8-29-31)6-20-21(32)30(22(33)35-20)10-17-11-34-12-28-17/h1-8,11-12H,9-10H2. The number of carbonyl (C=O) groups is 2. The van der Waals surface area contributed by atoms with Crippen LogP contribution in [0.4, 0.5) is 18.0 Å². The minimum absolute atomic E-state index is 0.00652. The van der Waals surface area contributed by atoms with Crippen molar-refractivity contribution >= 4 is 62.8 Å². The number of hydrogen-bond donors (Lipinski definition) is 0. The molecule has 5 rings (SSSR count). The molecule has 4 aromatic rings. The molecule has 0 bridgehead atoms. The second kappa shape index (κ2) is 9.14. The van der Waals surface area contributed by atoms with Gasteiger partial charge in [0, 0.05) is 15.8 Å². The Bertz CT molecular complexity index is 1480. The van der Waals surface area contributed by atoms with E-state index in [0.29, 0.717) is 22.2 Å². The topological polar surface area (TPSA) is 68.1 Å². The van der Waals surface area contributed by atoms with Crippen LogP contribution in [0.5, 0.6) is 0 Å². The van der Waals surface area contributed by atoms with Gasteiger partial charge in [0.2, 0.25) is 0 Å². The molecular formula is C23H14ClF3N4O2S2. The Morgan fingerprint density at radius 3 is 2.66 bits per heavy atom. The third-order valence-electron chi connectivity index (χ3n) is 5.34. The zero-order valence-corrected chi connectivity index (χ0v) is 20.0. The van der Waals surface area contributed by atoms with E-state index in [9.17, 15) is 22.8 Å². The molecule has 0 aliphatic carbocycles. The molecule has 0 saturated carbocycles. The average molecular weight is 535 g/mol. The predicted molar refractivity (Wildman–Crippen MR) is 129 cm³/mol. The lowest BCUT2D eigenvalue weighted by molar-refractivity contribution is -0.138. The molecule has 1 aliphatic heterocycles. The summed E-state index contributed by atoms with van der Waals surface area (Å²) in [7, 11) is 0. The second-order valence-electron chi connectivity index (χ2n) is 7.67. The number of amides is 2. The van der Waals surface area contributed by atoms with Gasteiger partial charge in [-0.05, 0) is 53.2 Å². The van der Waals surface area contributed by atoms with E-state index in [1.54, 1.807) is 41.4 Å². The summed E-state index contributed by atoms with van der Waals surface area (Å²) < 4.78 is 41.8. The number of carbonyl (C=O) groups excluding carboxylic acids is 2. The third-order valence-corrected chi connectivity index (χ3v) is 7.12. The molecule has 0 atom stereocenters. The second-order valence-corrected chi connectivity index (χ2v) is 9.82. The van der Waals surface area contributed by atoms with E-state index in [-0.39, 0.29) is 33.8 Å². The fraction of sp³-hybridized carbons (Fsp3) is 0.130. The van der Waals surface area contributed by atoms with Crippen molar-refractivity contribution in [1.29, 1.82) is 0 Å². The summed E-state index contributed by atoms with van der Waals surface area (Å²) in [6.45, 7) is 0.0201. The SMILES string of the molecule is O=C1SC(=Cc2ccc3c(cnn3Cc3ccc(Cl)cc3C(F)(F)F)c2)C(=O)N1Cc1cscn1. The first-order chi connectivity index (χ1) is 16.7. The summed E-state index contributed by atoms with van der Waals surface area (Å²) in [5, 5.41) is 6.34. The Hall–Kier alpha value is -3.15. The first-order valence-electron chi connectivity index (χ1n) is 10.1. The molecule has 2 amide bonds. The van der Waals surface area contributed by atoms with Crippen molar-refractivity contribution in [3.8, 4) is 0 Å². The molecule has 6 nitrogen and oxygen atoms in total. The Kier molecular flexibility index (Phi) is 6.16. The maximum Gasteiger partial charge on any atom is 0.416 e. The Balaban J connectivity index is 1.40. The van der Waals surface area contributed by atoms with E-state index in [2.05, 4.69) is 10.1 Å². The lowest BCUT2D eigenvalue weighted by Crippen LogP contribution is -2.27. The van der Waals surface area contributed by atoms with E-state index in [0.717, 1.165) is 22.7 Å². The quantitative estimate of drug-likeness (QED) is 0.275. The van der Waals surface area contributed by atoms with Crippen molar-refractivity contribution in [1.82, 2.24) is 19.7 Å². The lowest BCUT2D eigenvalue weighted by Gasteiger charge is -2.14. The van der Waals surface area contributed by atoms with Gasteiger partial charge in [0.15, 0.2) is 0 Å². The first-order valence-corrected chi connectivity index (χ1v) is 12.3. The van der Waals surface area contributed by atoms with Gasteiger partial charge in [-0.15, -0.1) is 11.3 Å². The predicted octanol–water partition coefficient (Wildman–Crippen LogP) is 6.45. The highest BCUT2D eigenvalue weighted by Crippen LogP contribution is 2.35. The van der Waals surface area contributed by atoms with Gasteiger partial charge in [-0.1, -0.05) is 23.7 Å². The number of nitrogens with zero attached hydrogens (tertiary/aromatic N) is 4. The molecule has 2 aromatic heterocycles. The van der Waals surface area contributed by atoms with Gasteiger partial charge in [-0.2, -0.15) is 18.3 Å². The Morgan fingerprint density at radius 1 is 1.09 bits per heavy atom. The fourth-order valence-electron chi connectivity index (χ4n) is 3.70. The number of benzene rings is 2. The van der Waals surface area contributed by atoms with Crippen LogP contribution in [0.1, 0.15) is 22.4 Å². The van der Waals surface area contributed by atoms with Gasteiger partial charge in [-0.25, -0.2) is 4.98 Å². The molecule has 2 aromatic carbocycles. The molecule has 0 radical (unpaired) electrons. The van der Waals surface area contributed by atoms with Crippen LogP contribution in [-0.2, 0) is 24.1 Å². The van der Waals surface area contributed by atoms with Crippen LogP contribution in [-0.4, -0.2) is 30.8 Å². The zero-order valence-electron chi connectivity index (χ0n) is 17.6. The van der Waals surface area contributed by atoms with Crippen LogP contribution in [0.3, 0.4) is 0 Å². The largest absolute Gasteiger partial charge is 0.416 e. The van der Waals surface area contributed by atoms with Crippen molar-refractivity contribution < 1.29 is 22.8 Å². The van der Waals surface area contributed by atoms with E-state index >= 15 is 0 Å². The summed E-state index contributed by atoms with van der Waals surface area (Å²) in [4.78, 5) is 30.6. The molecule has 35 heavy (non-hydrogen) atoms. The number of halogens is 4. The van der Waals surface area contributed by atoms with Gasteiger partial charge in [-0.3, -0.25) is 19.2 Å². The number of imide groups is 1. The zero-order chi connectivity index (χ0) is 24.7. The van der Waals surface area contributed by atoms with Gasteiger partial charge in [0.25, 0.3) is 11.1 Å².